The summed E-state index contributed by atoms with van der Waals surface area (Å²) in [4.78, 5) is 0. The molecule has 0 saturated heterocycles. The van der Waals surface area contributed by atoms with Crippen LogP contribution in [0.3, 0.4) is 0 Å². The molecule has 6 heteroatoms. The molecule has 2 aromatic rings. The molecule has 0 aromatic heterocycles. The summed E-state index contributed by atoms with van der Waals surface area (Å²) in [6.07, 6.45) is 0.926. The van der Waals surface area contributed by atoms with Crippen molar-refractivity contribution in [2.45, 2.75) is 26.5 Å². The van der Waals surface area contributed by atoms with Gasteiger partial charge in [0.2, 0.25) is 0 Å². The second kappa shape index (κ2) is 10.6. The summed E-state index contributed by atoms with van der Waals surface area (Å²) in [5, 5.41) is 4.31. The zero-order valence-corrected chi connectivity index (χ0v) is 15.7. The minimum atomic E-state index is -0.378. The fourth-order valence-corrected chi connectivity index (χ4v) is 2.73. The zero-order valence-electron chi connectivity index (χ0n) is 14.2. The molecule has 0 fully saturated rings. The van der Waals surface area contributed by atoms with Crippen molar-refractivity contribution in [1.82, 2.24) is 5.32 Å². The number of ether oxygens (including phenoxy) is 2. The van der Waals surface area contributed by atoms with Crippen LogP contribution in [-0.2, 0) is 17.9 Å². The maximum absolute atomic E-state index is 13.9. The van der Waals surface area contributed by atoms with E-state index in [1.807, 2.05) is 13.0 Å². The molecular weight excluding hydrogens is 364 g/mol. The molecule has 0 bridgehead atoms. The molecule has 0 heterocycles. The highest BCUT2D eigenvalue weighted by Crippen LogP contribution is 2.26. The van der Waals surface area contributed by atoms with Crippen LogP contribution in [0.4, 0.5) is 4.39 Å². The largest absolute Gasteiger partial charge is 0.488 e. The van der Waals surface area contributed by atoms with Gasteiger partial charge >= 0.3 is 0 Å². The molecule has 1 N–H and O–H groups in total. The molecular formula is C19H22Cl2FNO2. The van der Waals surface area contributed by atoms with E-state index in [0.717, 1.165) is 31.7 Å². The van der Waals surface area contributed by atoms with E-state index >= 15 is 0 Å². The van der Waals surface area contributed by atoms with Crippen LogP contribution in [0.25, 0.3) is 0 Å². The van der Waals surface area contributed by atoms with E-state index in [2.05, 4.69) is 5.32 Å². The van der Waals surface area contributed by atoms with Gasteiger partial charge in [-0.3, -0.25) is 0 Å². The molecule has 2 rings (SSSR count). The number of hydrogen-bond acceptors (Lipinski definition) is 3. The normalized spacial score (nSPS) is 10.9. The second-order valence-corrected chi connectivity index (χ2v) is 6.31. The number of benzene rings is 2. The topological polar surface area (TPSA) is 30.5 Å². The molecule has 0 aliphatic heterocycles. The average molecular weight is 386 g/mol. The van der Waals surface area contributed by atoms with E-state index < -0.39 is 0 Å². The summed E-state index contributed by atoms with van der Waals surface area (Å²) in [6.45, 7) is 4.92. The molecule has 0 unspecified atom stereocenters. The third kappa shape index (κ3) is 6.48. The van der Waals surface area contributed by atoms with Crippen molar-refractivity contribution in [3.8, 4) is 5.75 Å². The summed E-state index contributed by atoms with van der Waals surface area (Å²) in [5.41, 5.74) is 1.26. The summed E-state index contributed by atoms with van der Waals surface area (Å²) in [5.74, 6) is 0.276. The Bertz CT molecular complexity index is 662. The van der Waals surface area contributed by atoms with Crippen molar-refractivity contribution in [2.75, 3.05) is 19.8 Å². The van der Waals surface area contributed by atoms with E-state index in [9.17, 15) is 4.39 Å². The van der Waals surface area contributed by atoms with Gasteiger partial charge in [-0.25, -0.2) is 4.39 Å². The molecule has 25 heavy (non-hydrogen) atoms. The zero-order chi connectivity index (χ0) is 18.1. The van der Waals surface area contributed by atoms with E-state index in [0.29, 0.717) is 27.9 Å². The second-order valence-electron chi connectivity index (χ2n) is 5.47. The monoisotopic (exact) mass is 385 g/mol. The van der Waals surface area contributed by atoms with Gasteiger partial charge in [0.15, 0.2) is 0 Å². The Labute approximate surface area is 158 Å². The van der Waals surface area contributed by atoms with Crippen molar-refractivity contribution in [1.29, 1.82) is 0 Å². The molecule has 0 radical (unpaired) electrons. The van der Waals surface area contributed by atoms with Crippen LogP contribution in [0, 0.1) is 5.82 Å². The molecule has 3 nitrogen and oxygen atoms in total. The highest BCUT2D eigenvalue weighted by Gasteiger charge is 2.10. The van der Waals surface area contributed by atoms with E-state index in [1.165, 1.54) is 6.07 Å². The van der Waals surface area contributed by atoms with E-state index in [-0.39, 0.29) is 12.4 Å². The van der Waals surface area contributed by atoms with Crippen molar-refractivity contribution in [3.63, 3.8) is 0 Å². The van der Waals surface area contributed by atoms with Crippen LogP contribution >= 0.6 is 23.2 Å². The highest BCUT2D eigenvalue weighted by molar-refractivity contribution is 6.31. The standard InChI is InChI=1S/C19H22Cl2FNO2/c1-2-24-10-4-9-23-12-14-11-15(20)7-8-19(14)25-13-16-17(21)5-3-6-18(16)22/h3,5-8,11,23H,2,4,9-10,12-13H2,1H3. The first-order valence-electron chi connectivity index (χ1n) is 8.24. The van der Waals surface area contributed by atoms with Gasteiger partial charge in [0.1, 0.15) is 18.2 Å². The molecule has 0 atom stereocenters. The lowest BCUT2D eigenvalue weighted by Crippen LogP contribution is -2.17. The predicted octanol–water partition coefficient (Wildman–Crippen LogP) is 5.23. The Morgan fingerprint density at radius 3 is 2.76 bits per heavy atom. The van der Waals surface area contributed by atoms with Gasteiger partial charge in [0, 0.05) is 35.9 Å². The van der Waals surface area contributed by atoms with Crippen molar-refractivity contribution < 1.29 is 13.9 Å². The van der Waals surface area contributed by atoms with Crippen LogP contribution in [0.5, 0.6) is 5.75 Å². The molecule has 0 saturated carbocycles. The lowest BCUT2D eigenvalue weighted by molar-refractivity contribution is 0.144. The molecule has 2 aromatic carbocycles. The van der Waals surface area contributed by atoms with Gasteiger partial charge in [0.05, 0.1) is 5.02 Å². The Hall–Kier alpha value is -1.33. The van der Waals surface area contributed by atoms with Crippen molar-refractivity contribution in [2.24, 2.45) is 0 Å². The summed E-state index contributed by atoms with van der Waals surface area (Å²) < 4.78 is 25.0. The summed E-state index contributed by atoms with van der Waals surface area (Å²) in [6, 6.07) is 9.96. The fourth-order valence-electron chi connectivity index (χ4n) is 2.31. The lowest BCUT2D eigenvalue weighted by atomic mass is 10.2. The van der Waals surface area contributed by atoms with Crippen molar-refractivity contribution >= 4 is 23.2 Å². The Morgan fingerprint density at radius 1 is 1.16 bits per heavy atom. The minimum Gasteiger partial charge on any atom is -0.488 e. The Morgan fingerprint density at radius 2 is 2.00 bits per heavy atom. The van der Waals surface area contributed by atoms with Gasteiger partial charge in [-0.15, -0.1) is 0 Å². The van der Waals surface area contributed by atoms with Gasteiger partial charge in [0.25, 0.3) is 0 Å². The highest BCUT2D eigenvalue weighted by atomic mass is 35.5. The van der Waals surface area contributed by atoms with Gasteiger partial charge in [-0.05, 0) is 50.2 Å². The number of halogens is 3. The minimum absolute atomic E-state index is 0.0600. The van der Waals surface area contributed by atoms with Crippen LogP contribution in [0.15, 0.2) is 36.4 Å². The molecule has 0 aliphatic rings. The Kier molecular flexibility index (Phi) is 8.49. The van der Waals surface area contributed by atoms with E-state index in [1.54, 1.807) is 24.3 Å². The maximum Gasteiger partial charge on any atom is 0.131 e. The van der Waals surface area contributed by atoms with Crippen LogP contribution in [0.1, 0.15) is 24.5 Å². The van der Waals surface area contributed by atoms with E-state index in [4.69, 9.17) is 32.7 Å². The quantitative estimate of drug-likeness (QED) is 0.568. The molecule has 0 amide bonds. The third-order valence-electron chi connectivity index (χ3n) is 3.62. The van der Waals surface area contributed by atoms with Crippen molar-refractivity contribution in [3.05, 3.63) is 63.4 Å². The van der Waals surface area contributed by atoms with Crippen LogP contribution in [0.2, 0.25) is 10.0 Å². The summed E-state index contributed by atoms with van der Waals surface area (Å²) in [7, 11) is 0. The third-order valence-corrected chi connectivity index (χ3v) is 4.21. The lowest BCUT2D eigenvalue weighted by Gasteiger charge is -2.14. The van der Waals surface area contributed by atoms with Gasteiger partial charge in [-0.1, -0.05) is 29.3 Å². The first kappa shape index (κ1) is 20.0. The number of hydrogen-bond donors (Lipinski definition) is 1. The number of rotatable bonds is 10. The fraction of sp³-hybridized carbons (Fsp3) is 0.368. The van der Waals surface area contributed by atoms with Crippen LogP contribution < -0.4 is 10.1 Å². The van der Waals surface area contributed by atoms with Crippen LogP contribution in [-0.4, -0.2) is 19.8 Å². The predicted molar refractivity (Wildman–Crippen MR) is 100 cm³/mol. The maximum atomic E-state index is 13.9. The smallest absolute Gasteiger partial charge is 0.131 e. The molecule has 0 spiro atoms. The SMILES string of the molecule is CCOCCCNCc1cc(Cl)ccc1OCc1c(F)cccc1Cl. The summed E-state index contributed by atoms with van der Waals surface area (Å²) >= 11 is 12.1. The molecule has 0 aliphatic carbocycles. The first-order valence-corrected chi connectivity index (χ1v) is 9.00. The van der Waals surface area contributed by atoms with Gasteiger partial charge in [-0.2, -0.15) is 0 Å². The average Bonchev–Trinajstić information content (AvgIpc) is 2.59. The molecule has 136 valence electrons. The first-order chi connectivity index (χ1) is 12.1. The Balaban J connectivity index is 1.96. The number of nitrogens with one attached hydrogen (secondary N) is 1. The van der Waals surface area contributed by atoms with Gasteiger partial charge < -0.3 is 14.8 Å².